The lowest BCUT2D eigenvalue weighted by Crippen LogP contribution is -2.34. The summed E-state index contributed by atoms with van der Waals surface area (Å²) in [6, 6.07) is 10.1. The first-order valence-electron chi connectivity index (χ1n) is 7.87. The second-order valence-corrected chi connectivity index (χ2v) is 5.50. The van der Waals surface area contributed by atoms with E-state index in [0.29, 0.717) is 5.92 Å². The van der Waals surface area contributed by atoms with E-state index in [1.807, 2.05) is 30.0 Å². The Kier molecular flexibility index (Phi) is 6.00. The fraction of sp³-hybridized carbons (Fsp3) is 0.500. The smallest absolute Gasteiger partial charge is 0.246 e. The van der Waals surface area contributed by atoms with Gasteiger partial charge in [0.05, 0.1) is 6.61 Å². The van der Waals surface area contributed by atoms with Gasteiger partial charge in [-0.15, -0.1) is 0 Å². The van der Waals surface area contributed by atoms with Crippen molar-refractivity contribution in [2.24, 2.45) is 5.92 Å². The third-order valence-corrected chi connectivity index (χ3v) is 4.02. The lowest BCUT2D eigenvalue weighted by molar-refractivity contribution is -0.126. The van der Waals surface area contributed by atoms with Gasteiger partial charge in [-0.1, -0.05) is 37.3 Å². The molecule has 3 nitrogen and oxygen atoms in total. The van der Waals surface area contributed by atoms with E-state index in [1.54, 1.807) is 6.08 Å². The van der Waals surface area contributed by atoms with Crippen LogP contribution in [0.3, 0.4) is 0 Å². The Hall–Kier alpha value is -1.61. The molecule has 1 aromatic carbocycles. The van der Waals surface area contributed by atoms with Crippen LogP contribution in [0.25, 0.3) is 5.57 Å². The quantitative estimate of drug-likeness (QED) is 0.751. The molecule has 1 aliphatic heterocycles. The minimum atomic E-state index is 0.116. The molecule has 2 rings (SSSR count). The molecule has 0 unspecified atom stereocenters. The van der Waals surface area contributed by atoms with Gasteiger partial charge in [-0.2, -0.15) is 0 Å². The molecule has 0 spiro atoms. The first-order chi connectivity index (χ1) is 10.2. The molecule has 0 saturated carbocycles. The minimum absolute atomic E-state index is 0.116. The van der Waals surface area contributed by atoms with Gasteiger partial charge in [0.2, 0.25) is 5.91 Å². The van der Waals surface area contributed by atoms with E-state index in [1.165, 1.54) is 0 Å². The van der Waals surface area contributed by atoms with E-state index >= 15 is 0 Å². The number of carbonyl (C=O) groups is 1. The number of hydrogen-bond acceptors (Lipinski definition) is 2. The SMILES string of the molecule is CC/C(=C\C(=O)N(CC)C[C@@H]1CCOC1)c1ccccc1. The van der Waals surface area contributed by atoms with Gasteiger partial charge in [-0.25, -0.2) is 0 Å². The lowest BCUT2D eigenvalue weighted by atomic mass is 10.0. The maximum absolute atomic E-state index is 12.5. The molecule has 1 aromatic rings. The van der Waals surface area contributed by atoms with Gasteiger partial charge in [-0.3, -0.25) is 4.79 Å². The molecular formula is C18H25NO2. The topological polar surface area (TPSA) is 29.5 Å². The molecule has 3 heteroatoms. The van der Waals surface area contributed by atoms with Gasteiger partial charge in [0.1, 0.15) is 0 Å². The molecule has 21 heavy (non-hydrogen) atoms. The zero-order valence-electron chi connectivity index (χ0n) is 13.0. The van der Waals surface area contributed by atoms with Crippen LogP contribution in [0, 0.1) is 5.92 Å². The van der Waals surface area contributed by atoms with Crippen LogP contribution in [0.4, 0.5) is 0 Å². The second kappa shape index (κ2) is 7.99. The summed E-state index contributed by atoms with van der Waals surface area (Å²) in [6.45, 7) is 7.29. The van der Waals surface area contributed by atoms with Crippen LogP contribution in [0.15, 0.2) is 36.4 Å². The van der Waals surface area contributed by atoms with Crippen LogP contribution in [-0.2, 0) is 9.53 Å². The standard InChI is InChI=1S/C18H25NO2/c1-3-16(17-8-6-5-7-9-17)12-18(20)19(4-2)13-15-10-11-21-14-15/h5-9,12,15H,3-4,10-11,13-14H2,1-2H3/b16-12+/t15-/m0/s1. The summed E-state index contributed by atoms with van der Waals surface area (Å²) in [5, 5.41) is 0. The van der Waals surface area contributed by atoms with Crippen molar-refractivity contribution in [1.29, 1.82) is 0 Å². The van der Waals surface area contributed by atoms with Crippen molar-refractivity contribution < 1.29 is 9.53 Å². The third kappa shape index (κ3) is 4.43. The van der Waals surface area contributed by atoms with Crippen molar-refractivity contribution in [3.05, 3.63) is 42.0 Å². The highest BCUT2D eigenvalue weighted by atomic mass is 16.5. The van der Waals surface area contributed by atoms with E-state index < -0.39 is 0 Å². The molecule has 114 valence electrons. The molecule has 1 saturated heterocycles. The van der Waals surface area contributed by atoms with Crippen molar-refractivity contribution in [3.63, 3.8) is 0 Å². The Morgan fingerprint density at radius 2 is 2.10 bits per heavy atom. The van der Waals surface area contributed by atoms with Gasteiger partial charge in [0, 0.05) is 31.7 Å². The Labute approximate surface area is 127 Å². The Morgan fingerprint density at radius 1 is 1.33 bits per heavy atom. The maximum Gasteiger partial charge on any atom is 0.246 e. The molecule has 1 amide bonds. The number of hydrogen-bond donors (Lipinski definition) is 0. The Balaban J connectivity index is 2.06. The van der Waals surface area contributed by atoms with Gasteiger partial charge < -0.3 is 9.64 Å². The van der Waals surface area contributed by atoms with E-state index in [9.17, 15) is 4.79 Å². The summed E-state index contributed by atoms with van der Waals surface area (Å²) < 4.78 is 5.40. The molecule has 0 radical (unpaired) electrons. The number of amides is 1. The van der Waals surface area contributed by atoms with Crippen molar-refractivity contribution in [1.82, 2.24) is 4.90 Å². The number of benzene rings is 1. The summed E-state index contributed by atoms with van der Waals surface area (Å²) in [5.74, 6) is 0.606. The lowest BCUT2D eigenvalue weighted by Gasteiger charge is -2.23. The molecule has 0 N–H and O–H groups in total. The van der Waals surface area contributed by atoms with Crippen molar-refractivity contribution >= 4 is 11.5 Å². The highest BCUT2D eigenvalue weighted by Crippen LogP contribution is 2.19. The minimum Gasteiger partial charge on any atom is -0.381 e. The maximum atomic E-state index is 12.5. The average molecular weight is 287 g/mol. The van der Waals surface area contributed by atoms with E-state index in [4.69, 9.17) is 4.74 Å². The molecule has 1 aliphatic rings. The number of carbonyl (C=O) groups excluding carboxylic acids is 1. The Morgan fingerprint density at radius 3 is 2.67 bits per heavy atom. The molecule has 0 aliphatic carbocycles. The molecule has 0 bridgehead atoms. The van der Waals surface area contributed by atoms with E-state index in [0.717, 1.165) is 50.3 Å². The van der Waals surface area contributed by atoms with E-state index in [2.05, 4.69) is 19.1 Å². The summed E-state index contributed by atoms with van der Waals surface area (Å²) in [5.41, 5.74) is 2.23. The van der Waals surface area contributed by atoms with Crippen LogP contribution in [-0.4, -0.2) is 37.1 Å². The van der Waals surface area contributed by atoms with Gasteiger partial charge in [0.15, 0.2) is 0 Å². The number of ether oxygens (including phenoxy) is 1. The van der Waals surface area contributed by atoms with Crippen LogP contribution in [0.1, 0.15) is 32.3 Å². The number of nitrogens with zero attached hydrogens (tertiary/aromatic N) is 1. The van der Waals surface area contributed by atoms with Crippen molar-refractivity contribution in [2.45, 2.75) is 26.7 Å². The average Bonchev–Trinajstić information content (AvgIpc) is 3.04. The van der Waals surface area contributed by atoms with Gasteiger partial charge in [-0.05, 0) is 30.9 Å². The summed E-state index contributed by atoms with van der Waals surface area (Å²) in [6.07, 6.45) is 3.72. The van der Waals surface area contributed by atoms with E-state index in [-0.39, 0.29) is 5.91 Å². The summed E-state index contributed by atoms with van der Waals surface area (Å²) in [7, 11) is 0. The number of rotatable bonds is 6. The first kappa shape index (κ1) is 15.8. The molecule has 0 aromatic heterocycles. The van der Waals surface area contributed by atoms with Crippen LogP contribution >= 0.6 is 0 Å². The number of likely N-dealkylation sites (N-methyl/N-ethyl adjacent to an activating group) is 1. The normalized spacial score (nSPS) is 18.8. The first-order valence-corrected chi connectivity index (χ1v) is 7.87. The summed E-state index contributed by atoms with van der Waals surface area (Å²) in [4.78, 5) is 14.4. The predicted molar refractivity (Wildman–Crippen MR) is 85.9 cm³/mol. The molecular weight excluding hydrogens is 262 g/mol. The van der Waals surface area contributed by atoms with Crippen molar-refractivity contribution in [3.8, 4) is 0 Å². The monoisotopic (exact) mass is 287 g/mol. The molecule has 1 atom stereocenters. The largest absolute Gasteiger partial charge is 0.381 e. The van der Waals surface area contributed by atoms with Gasteiger partial charge >= 0.3 is 0 Å². The molecule has 1 heterocycles. The summed E-state index contributed by atoms with van der Waals surface area (Å²) >= 11 is 0. The highest BCUT2D eigenvalue weighted by Gasteiger charge is 2.20. The Bertz CT molecular complexity index is 475. The predicted octanol–water partition coefficient (Wildman–Crippen LogP) is 3.37. The fourth-order valence-corrected chi connectivity index (χ4v) is 2.70. The third-order valence-electron chi connectivity index (χ3n) is 4.02. The second-order valence-electron chi connectivity index (χ2n) is 5.50. The number of allylic oxidation sites excluding steroid dienone is 1. The van der Waals surface area contributed by atoms with Crippen molar-refractivity contribution in [2.75, 3.05) is 26.3 Å². The molecule has 1 fully saturated rings. The highest BCUT2D eigenvalue weighted by molar-refractivity contribution is 5.95. The zero-order valence-corrected chi connectivity index (χ0v) is 13.0. The van der Waals surface area contributed by atoms with Crippen LogP contribution in [0.2, 0.25) is 0 Å². The van der Waals surface area contributed by atoms with Gasteiger partial charge in [0.25, 0.3) is 0 Å². The fourth-order valence-electron chi connectivity index (χ4n) is 2.70. The zero-order chi connectivity index (χ0) is 15.1. The van der Waals surface area contributed by atoms with Crippen LogP contribution in [0.5, 0.6) is 0 Å². The van der Waals surface area contributed by atoms with Crippen LogP contribution < -0.4 is 0 Å².